The van der Waals surface area contributed by atoms with Gasteiger partial charge in [-0.15, -0.1) is 0 Å². The predicted molar refractivity (Wildman–Crippen MR) is 136 cm³/mol. The van der Waals surface area contributed by atoms with Crippen LogP contribution in [0, 0.1) is 6.92 Å². The summed E-state index contributed by atoms with van der Waals surface area (Å²) < 4.78 is 0. The second-order valence-corrected chi connectivity index (χ2v) is 8.72. The number of nitrogens with zero attached hydrogens (tertiary/aromatic N) is 3. The van der Waals surface area contributed by atoms with Crippen molar-refractivity contribution in [3.8, 4) is 11.3 Å². The van der Waals surface area contributed by atoms with Crippen LogP contribution in [0.2, 0.25) is 0 Å². The quantitative estimate of drug-likeness (QED) is 0.296. The molecule has 0 aliphatic carbocycles. The van der Waals surface area contributed by atoms with Gasteiger partial charge in [0, 0.05) is 35.6 Å². The predicted octanol–water partition coefficient (Wildman–Crippen LogP) is 4.57. The minimum atomic E-state index is -0.899. The summed E-state index contributed by atoms with van der Waals surface area (Å²) in [6.07, 6.45) is 2.24. The van der Waals surface area contributed by atoms with Crippen molar-refractivity contribution in [3.05, 3.63) is 107 Å². The Morgan fingerprint density at radius 3 is 2.63 bits per heavy atom. The number of carbonyl (C=O) groups is 1. The number of aromatic nitrogens is 4. The minimum absolute atomic E-state index is 0.289. The molecule has 0 bridgehead atoms. The van der Waals surface area contributed by atoms with Crippen LogP contribution in [0.15, 0.2) is 85.1 Å². The summed E-state index contributed by atoms with van der Waals surface area (Å²) in [5.74, 6) is -0.899. The summed E-state index contributed by atoms with van der Waals surface area (Å²) >= 11 is 0. The molecule has 176 valence electrons. The van der Waals surface area contributed by atoms with Gasteiger partial charge in [-0.2, -0.15) is 15.0 Å². The summed E-state index contributed by atoms with van der Waals surface area (Å²) in [6, 6.07) is 25.3. The Morgan fingerprint density at radius 2 is 1.83 bits per heavy atom. The number of carboxylic acids is 1. The molecule has 1 atom stereocenters. The molecule has 7 nitrogen and oxygen atoms in total. The fourth-order valence-electron chi connectivity index (χ4n) is 4.35. The van der Waals surface area contributed by atoms with Crippen molar-refractivity contribution in [3.63, 3.8) is 0 Å². The van der Waals surface area contributed by atoms with Crippen molar-refractivity contribution in [1.82, 2.24) is 25.3 Å². The van der Waals surface area contributed by atoms with Gasteiger partial charge in [0.05, 0.1) is 6.54 Å². The third-order valence-electron chi connectivity index (χ3n) is 6.09. The highest BCUT2D eigenvalue weighted by molar-refractivity contribution is 5.84. The summed E-state index contributed by atoms with van der Waals surface area (Å²) in [4.78, 5) is 17.0. The number of aryl methyl sites for hydroxylation is 1. The Hall–Kier alpha value is -4.23. The first kappa shape index (κ1) is 22.6. The van der Waals surface area contributed by atoms with Crippen LogP contribution in [-0.4, -0.2) is 37.1 Å². The van der Waals surface area contributed by atoms with Crippen molar-refractivity contribution >= 4 is 16.9 Å². The molecule has 0 aliphatic rings. The number of para-hydroxylation sites is 1. The molecule has 0 fully saturated rings. The SMILES string of the molecule is Cc1cccc(Cn2nc(CN[C@@H](Cc3c[nH]c4ccccc34)C(=O)O)c(-c3ccccc3)n2)c1. The third kappa shape index (κ3) is 5.15. The Kier molecular flexibility index (Phi) is 6.41. The van der Waals surface area contributed by atoms with Gasteiger partial charge < -0.3 is 10.1 Å². The van der Waals surface area contributed by atoms with Gasteiger partial charge in [0.1, 0.15) is 17.4 Å². The van der Waals surface area contributed by atoms with E-state index in [4.69, 9.17) is 10.2 Å². The Bertz CT molecular complexity index is 1450. The van der Waals surface area contributed by atoms with E-state index >= 15 is 0 Å². The molecule has 2 aromatic heterocycles. The van der Waals surface area contributed by atoms with Crippen LogP contribution in [0.5, 0.6) is 0 Å². The lowest BCUT2D eigenvalue weighted by atomic mass is 10.0. The van der Waals surface area contributed by atoms with Gasteiger partial charge in [-0.05, 0) is 24.1 Å². The summed E-state index contributed by atoms with van der Waals surface area (Å²) in [6.45, 7) is 2.89. The summed E-state index contributed by atoms with van der Waals surface area (Å²) in [5, 5.41) is 23.7. The number of benzene rings is 3. The number of aromatic amines is 1. The van der Waals surface area contributed by atoms with Crippen LogP contribution in [0.3, 0.4) is 0 Å². The van der Waals surface area contributed by atoms with Crippen LogP contribution in [-0.2, 0) is 24.3 Å². The van der Waals surface area contributed by atoms with Gasteiger partial charge in [-0.3, -0.25) is 10.1 Å². The lowest BCUT2D eigenvalue weighted by molar-refractivity contribution is -0.139. The van der Waals surface area contributed by atoms with Crippen LogP contribution in [0.1, 0.15) is 22.4 Å². The van der Waals surface area contributed by atoms with E-state index in [1.807, 2.05) is 66.9 Å². The molecule has 2 heterocycles. The molecule has 0 unspecified atom stereocenters. The number of fused-ring (bicyclic) bond motifs is 1. The number of H-pyrrole nitrogens is 1. The molecule has 35 heavy (non-hydrogen) atoms. The van der Waals surface area contributed by atoms with E-state index < -0.39 is 12.0 Å². The Labute approximate surface area is 203 Å². The van der Waals surface area contributed by atoms with Crippen molar-refractivity contribution in [2.45, 2.75) is 32.5 Å². The number of nitrogens with one attached hydrogen (secondary N) is 2. The zero-order valence-electron chi connectivity index (χ0n) is 19.5. The lowest BCUT2D eigenvalue weighted by Crippen LogP contribution is -2.38. The van der Waals surface area contributed by atoms with Crippen molar-refractivity contribution < 1.29 is 9.90 Å². The van der Waals surface area contributed by atoms with E-state index in [-0.39, 0.29) is 6.54 Å². The molecule has 3 aromatic carbocycles. The molecule has 0 spiro atoms. The molecule has 3 N–H and O–H groups in total. The van der Waals surface area contributed by atoms with Crippen LogP contribution in [0.25, 0.3) is 22.2 Å². The molecule has 7 heteroatoms. The topological polar surface area (TPSA) is 95.8 Å². The summed E-state index contributed by atoms with van der Waals surface area (Å²) in [5.41, 5.74) is 6.67. The van der Waals surface area contributed by atoms with Gasteiger partial charge in [0.2, 0.25) is 0 Å². The fraction of sp³-hybridized carbons (Fsp3) is 0.179. The highest BCUT2D eigenvalue weighted by atomic mass is 16.4. The van der Waals surface area contributed by atoms with E-state index in [1.54, 1.807) is 4.80 Å². The molecule has 0 saturated carbocycles. The van der Waals surface area contributed by atoms with E-state index in [0.29, 0.717) is 18.7 Å². The monoisotopic (exact) mass is 465 g/mol. The van der Waals surface area contributed by atoms with Gasteiger partial charge in [0.25, 0.3) is 0 Å². The molecule has 5 aromatic rings. The molecule has 5 rings (SSSR count). The van der Waals surface area contributed by atoms with Crippen LogP contribution in [0.4, 0.5) is 0 Å². The van der Waals surface area contributed by atoms with Gasteiger partial charge in [0.15, 0.2) is 0 Å². The summed E-state index contributed by atoms with van der Waals surface area (Å²) in [7, 11) is 0. The lowest BCUT2D eigenvalue weighted by Gasteiger charge is -2.13. The van der Waals surface area contributed by atoms with Gasteiger partial charge >= 0.3 is 5.97 Å². The number of aliphatic carboxylic acids is 1. The molecule has 0 aliphatic heterocycles. The second kappa shape index (κ2) is 9.95. The number of rotatable bonds is 9. The molecule has 0 saturated heterocycles. The standard InChI is InChI=1S/C28H27N5O2/c1-19-8-7-9-20(14-19)18-33-31-26(27(32-33)21-10-3-2-4-11-21)17-30-25(28(34)35)15-22-16-29-24-13-6-5-12-23(22)24/h2-14,16,25,29-30H,15,17-18H2,1H3,(H,34,35)/t25-/m0/s1. The number of hydrogen-bond acceptors (Lipinski definition) is 4. The molecular formula is C28H27N5O2. The first-order valence-corrected chi connectivity index (χ1v) is 11.6. The van der Waals surface area contributed by atoms with E-state index in [1.165, 1.54) is 5.56 Å². The highest BCUT2D eigenvalue weighted by Crippen LogP contribution is 2.22. The second-order valence-electron chi connectivity index (χ2n) is 8.72. The Balaban J connectivity index is 1.39. The fourth-order valence-corrected chi connectivity index (χ4v) is 4.35. The largest absolute Gasteiger partial charge is 0.480 e. The average Bonchev–Trinajstić information content (AvgIpc) is 3.46. The maximum Gasteiger partial charge on any atom is 0.321 e. The Morgan fingerprint density at radius 1 is 1.03 bits per heavy atom. The average molecular weight is 466 g/mol. The normalized spacial score (nSPS) is 12.1. The molecule has 0 amide bonds. The van der Waals surface area contributed by atoms with E-state index in [9.17, 15) is 9.90 Å². The van der Waals surface area contributed by atoms with Gasteiger partial charge in [-0.25, -0.2) is 0 Å². The van der Waals surface area contributed by atoms with Crippen molar-refractivity contribution in [2.75, 3.05) is 0 Å². The maximum absolute atomic E-state index is 12.1. The van der Waals surface area contributed by atoms with Crippen LogP contribution < -0.4 is 5.32 Å². The smallest absolute Gasteiger partial charge is 0.321 e. The van der Waals surface area contributed by atoms with Crippen LogP contribution >= 0.6 is 0 Å². The number of carboxylic acid groups (broad SMARTS) is 1. The zero-order chi connectivity index (χ0) is 24.2. The molecular weight excluding hydrogens is 438 g/mol. The third-order valence-corrected chi connectivity index (χ3v) is 6.09. The minimum Gasteiger partial charge on any atom is -0.480 e. The first-order valence-electron chi connectivity index (χ1n) is 11.6. The zero-order valence-corrected chi connectivity index (χ0v) is 19.5. The van der Waals surface area contributed by atoms with Crippen molar-refractivity contribution in [2.24, 2.45) is 0 Å². The number of hydrogen-bond donors (Lipinski definition) is 3. The first-order chi connectivity index (χ1) is 17.1. The van der Waals surface area contributed by atoms with E-state index in [2.05, 4.69) is 35.4 Å². The highest BCUT2D eigenvalue weighted by Gasteiger charge is 2.21. The van der Waals surface area contributed by atoms with Crippen molar-refractivity contribution in [1.29, 1.82) is 0 Å². The molecule has 0 radical (unpaired) electrons. The van der Waals surface area contributed by atoms with E-state index in [0.717, 1.165) is 33.3 Å². The maximum atomic E-state index is 12.1. The van der Waals surface area contributed by atoms with Gasteiger partial charge in [-0.1, -0.05) is 78.4 Å².